The highest BCUT2D eigenvalue weighted by Crippen LogP contribution is 2.30. The van der Waals surface area contributed by atoms with Crippen molar-refractivity contribution < 1.29 is 19.0 Å². The lowest BCUT2D eigenvalue weighted by molar-refractivity contribution is -0.122. The molecular weight excluding hydrogens is 342 g/mol. The summed E-state index contributed by atoms with van der Waals surface area (Å²) < 4.78 is 16.2. The first-order chi connectivity index (χ1) is 11.8. The van der Waals surface area contributed by atoms with Gasteiger partial charge >= 0.3 is 0 Å². The summed E-state index contributed by atoms with van der Waals surface area (Å²) in [4.78, 5) is 12.4. The van der Waals surface area contributed by atoms with Gasteiger partial charge in [-0.2, -0.15) is 0 Å². The van der Waals surface area contributed by atoms with E-state index in [-0.39, 0.29) is 5.91 Å². The van der Waals surface area contributed by atoms with Gasteiger partial charge in [0.15, 0.2) is 17.6 Å². The third-order valence-electron chi connectivity index (χ3n) is 3.74. The molecule has 5 nitrogen and oxygen atoms in total. The third kappa shape index (κ3) is 4.57. The van der Waals surface area contributed by atoms with Gasteiger partial charge in [0.05, 0.1) is 14.2 Å². The van der Waals surface area contributed by atoms with Gasteiger partial charge in [0.1, 0.15) is 5.75 Å². The Morgan fingerprint density at radius 3 is 2.20 bits per heavy atom. The van der Waals surface area contributed by atoms with Crippen molar-refractivity contribution in [3.63, 3.8) is 0 Å². The number of halogens is 1. The van der Waals surface area contributed by atoms with E-state index >= 15 is 0 Å². The lowest BCUT2D eigenvalue weighted by atomic mass is 10.1. The van der Waals surface area contributed by atoms with Gasteiger partial charge in [-0.1, -0.05) is 11.6 Å². The molecule has 1 atom stereocenters. The van der Waals surface area contributed by atoms with Crippen LogP contribution in [0.5, 0.6) is 17.2 Å². The predicted molar refractivity (Wildman–Crippen MR) is 99.2 cm³/mol. The highest BCUT2D eigenvalue weighted by molar-refractivity contribution is 6.32. The van der Waals surface area contributed by atoms with Crippen molar-refractivity contribution in [2.75, 3.05) is 19.5 Å². The van der Waals surface area contributed by atoms with Gasteiger partial charge in [0.25, 0.3) is 5.91 Å². The summed E-state index contributed by atoms with van der Waals surface area (Å²) in [5, 5.41) is 3.51. The SMILES string of the molecule is COc1ccc(NC(=O)[C@H](C)Oc2cc(C)c(Cl)c(C)c2)cc1OC. The highest BCUT2D eigenvalue weighted by atomic mass is 35.5. The second-order valence-electron chi connectivity index (χ2n) is 5.69. The van der Waals surface area contributed by atoms with Gasteiger partial charge < -0.3 is 19.5 Å². The van der Waals surface area contributed by atoms with E-state index in [9.17, 15) is 4.79 Å². The van der Waals surface area contributed by atoms with E-state index in [0.717, 1.165) is 11.1 Å². The summed E-state index contributed by atoms with van der Waals surface area (Å²) in [5.74, 6) is 1.47. The van der Waals surface area contributed by atoms with Crippen LogP contribution in [-0.2, 0) is 4.79 Å². The van der Waals surface area contributed by atoms with Crippen molar-refractivity contribution >= 4 is 23.2 Å². The van der Waals surface area contributed by atoms with E-state index in [4.69, 9.17) is 25.8 Å². The molecule has 0 fully saturated rings. The Kier molecular flexibility index (Phi) is 6.15. The summed E-state index contributed by atoms with van der Waals surface area (Å²) >= 11 is 6.15. The normalized spacial score (nSPS) is 11.6. The molecule has 0 aliphatic heterocycles. The Morgan fingerprint density at radius 1 is 1.04 bits per heavy atom. The van der Waals surface area contributed by atoms with E-state index in [1.807, 2.05) is 26.0 Å². The zero-order chi connectivity index (χ0) is 18.6. The largest absolute Gasteiger partial charge is 0.493 e. The van der Waals surface area contributed by atoms with Crippen LogP contribution in [-0.4, -0.2) is 26.2 Å². The van der Waals surface area contributed by atoms with E-state index in [1.165, 1.54) is 0 Å². The Balaban J connectivity index is 2.08. The highest BCUT2D eigenvalue weighted by Gasteiger charge is 2.17. The number of hydrogen-bond acceptors (Lipinski definition) is 4. The molecule has 1 amide bonds. The fourth-order valence-electron chi connectivity index (χ4n) is 2.39. The number of aryl methyl sites for hydroxylation is 2. The van der Waals surface area contributed by atoms with Crippen LogP contribution in [0.1, 0.15) is 18.1 Å². The van der Waals surface area contributed by atoms with E-state index in [0.29, 0.717) is 28.0 Å². The average Bonchev–Trinajstić information content (AvgIpc) is 2.59. The minimum atomic E-state index is -0.673. The molecule has 0 aromatic heterocycles. The van der Waals surface area contributed by atoms with Crippen molar-refractivity contribution in [1.29, 1.82) is 0 Å². The molecule has 0 spiro atoms. The van der Waals surface area contributed by atoms with Gasteiger partial charge in [-0.05, 0) is 56.2 Å². The number of amides is 1. The molecule has 0 saturated carbocycles. The number of rotatable bonds is 6. The molecule has 0 radical (unpaired) electrons. The van der Waals surface area contributed by atoms with Crippen LogP contribution < -0.4 is 19.5 Å². The van der Waals surface area contributed by atoms with Crippen LogP contribution in [0.3, 0.4) is 0 Å². The number of nitrogens with one attached hydrogen (secondary N) is 1. The summed E-state index contributed by atoms with van der Waals surface area (Å²) in [6.07, 6.45) is -0.673. The minimum Gasteiger partial charge on any atom is -0.493 e. The summed E-state index contributed by atoms with van der Waals surface area (Å²) in [5.41, 5.74) is 2.41. The molecule has 1 N–H and O–H groups in total. The third-order valence-corrected chi connectivity index (χ3v) is 4.34. The second-order valence-corrected chi connectivity index (χ2v) is 6.07. The molecule has 134 valence electrons. The first-order valence-electron chi connectivity index (χ1n) is 7.82. The predicted octanol–water partition coefficient (Wildman–Crippen LogP) is 4.38. The monoisotopic (exact) mass is 363 g/mol. The first kappa shape index (κ1) is 18.9. The van der Waals surface area contributed by atoms with Gasteiger partial charge in [0.2, 0.25) is 0 Å². The quantitative estimate of drug-likeness (QED) is 0.827. The lowest BCUT2D eigenvalue weighted by Crippen LogP contribution is -2.30. The molecule has 0 aliphatic carbocycles. The Hall–Kier alpha value is -2.40. The molecule has 2 aromatic rings. The molecule has 0 heterocycles. The molecule has 2 aromatic carbocycles. The topological polar surface area (TPSA) is 56.8 Å². The number of hydrogen-bond donors (Lipinski definition) is 1. The zero-order valence-electron chi connectivity index (χ0n) is 15.0. The average molecular weight is 364 g/mol. The van der Waals surface area contributed by atoms with Gasteiger partial charge in [-0.3, -0.25) is 4.79 Å². The van der Waals surface area contributed by atoms with Gasteiger partial charge in [-0.15, -0.1) is 0 Å². The Labute approximate surface area is 152 Å². The maximum absolute atomic E-state index is 12.4. The van der Waals surface area contributed by atoms with Crippen molar-refractivity contribution in [1.82, 2.24) is 0 Å². The molecule has 0 unspecified atom stereocenters. The molecule has 0 saturated heterocycles. The van der Waals surface area contributed by atoms with Crippen molar-refractivity contribution in [3.05, 3.63) is 46.5 Å². The van der Waals surface area contributed by atoms with Crippen LogP contribution in [0.25, 0.3) is 0 Å². The van der Waals surface area contributed by atoms with Crippen LogP contribution in [0.15, 0.2) is 30.3 Å². The molecule has 0 aliphatic rings. The van der Waals surface area contributed by atoms with Crippen LogP contribution in [0.4, 0.5) is 5.69 Å². The minimum absolute atomic E-state index is 0.266. The molecular formula is C19H22ClNO4. The maximum Gasteiger partial charge on any atom is 0.265 e. The van der Waals surface area contributed by atoms with Crippen molar-refractivity contribution in [3.8, 4) is 17.2 Å². The van der Waals surface area contributed by atoms with Crippen LogP contribution >= 0.6 is 11.6 Å². The standard InChI is InChI=1S/C19H22ClNO4/c1-11-8-15(9-12(2)18(11)20)25-13(3)19(22)21-14-6-7-16(23-4)17(10-14)24-5/h6-10,13H,1-5H3,(H,21,22)/t13-/m0/s1. The summed E-state index contributed by atoms with van der Waals surface area (Å²) in [7, 11) is 3.10. The Morgan fingerprint density at radius 2 is 1.64 bits per heavy atom. The molecule has 0 bridgehead atoms. The number of carbonyl (C=O) groups is 1. The number of ether oxygens (including phenoxy) is 3. The zero-order valence-corrected chi connectivity index (χ0v) is 15.7. The number of anilines is 1. The van der Waals surface area contributed by atoms with E-state index < -0.39 is 6.10 Å². The molecule has 6 heteroatoms. The van der Waals surface area contributed by atoms with Crippen molar-refractivity contribution in [2.24, 2.45) is 0 Å². The summed E-state index contributed by atoms with van der Waals surface area (Å²) in [6, 6.07) is 8.79. The van der Waals surface area contributed by atoms with Crippen LogP contribution in [0.2, 0.25) is 5.02 Å². The molecule has 25 heavy (non-hydrogen) atoms. The van der Waals surface area contributed by atoms with E-state index in [2.05, 4.69) is 5.32 Å². The molecule has 2 rings (SSSR count). The van der Waals surface area contributed by atoms with Crippen LogP contribution in [0, 0.1) is 13.8 Å². The smallest absolute Gasteiger partial charge is 0.265 e. The van der Waals surface area contributed by atoms with Gasteiger partial charge in [-0.25, -0.2) is 0 Å². The lowest BCUT2D eigenvalue weighted by Gasteiger charge is -2.17. The van der Waals surface area contributed by atoms with Gasteiger partial charge in [0, 0.05) is 16.8 Å². The number of carbonyl (C=O) groups excluding carboxylic acids is 1. The second kappa shape index (κ2) is 8.12. The maximum atomic E-state index is 12.4. The fraction of sp³-hybridized carbons (Fsp3) is 0.316. The Bertz CT molecular complexity index is 753. The number of methoxy groups -OCH3 is 2. The first-order valence-corrected chi connectivity index (χ1v) is 8.19. The fourth-order valence-corrected chi connectivity index (χ4v) is 2.50. The van der Waals surface area contributed by atoms with Crippen molar-refractivity contribution in [2.45, 2.75) is 26.9 Å². The summed E-state index contributed by atoms with van der Waals surface area (Å²) in [6.45, 7) is 5.49. The van der Waals surface area contributed by atoms with E-state index in [1.54, 1.807) is 39.3 Å². The number of benzene rings is 2.